The second kappa shape index (κ2) is 5.95. The Morgan fingerprint density at radius 2 is 2.00 bits per heavy atom. The van der Waals surface area contributed by atoms with Gasteiger partial charge in [0.2, 0.25) is 0 Å². The third-order valence-electron chi connectivity index (χ3n) is 4.00. The maximum atomic E-state index is 12.3. The largest absolute Gasteiger partial charge is 0.383 e. The van der Waals surface area contributed by atoms with E-state index >= 15 is 0 Å². The van der Waals surface area contributed by atoms with Gasteiger partial charge >= 0.3 is 0 Å². The first-order chi connectivity index (χ1) is 10.2. The van der Waals surface area contributed by atoms with E-state index in [1.54, 1.807) is 18.3 Å². The van der Waals surface area contributed by atoms with Crippen LogP contribution in [0.4, 0.5) is 5.82 Å². The number of amides is 1. The number of carbonyl (C=O) groups excluding carboxylic acids is 1. The summed E-state index contributed by atoms with van der Waals surface area (Å²) in [6.07, 6.45) is 5.62. The highest BCUT2D eigenvalue weighted by Crippen LogP contribution is 2.21. The first kappa shape index (κ1) is 13.6. The van der Waals surface area contributed by atoms with Crippen molar-refractivity contribution >= 4 is 11.7 Å². The van der Waals surface area contributed by atoms with Crippen LogP contribution in [0, 0.1) is 0 Å². The number of nitrogens with zero attached hydrogens (tertiary/aromatic N) is 1. The summed E-state index contributed by atoms with van der Waals surface area (Å²) in [5.74, 6) is 0.147. The number of benzene rings is 1. The van der Waals surface area contributed by atoms with Crippen molar-refractivity contribution in [1.29, 1.82) is 0 Å². The minimum Gasteiger partial charge on any atom is -0.383 e. The average Bonchev–Trinajstić information content (AvgIpc) is 2.69. The van der Waals surface area contributed by atoms with Crippen LogP contribution in [0.15, 0.2) is 42.6 Å². The Hall–Kier alpha value is -2.36. The van der Waals surface area contributed by atoms with Crippen LogP contribution in [0.1, 0.15) is 34.3 Å². The van der Waals surface area contributed by atoms with Gasteiger partial charge in [-0.2, -0.15) is 0 Å². The fraction of sp³-hybridized carbons (Fsp3) is 0.294. The van der Waals surface area contributed by atoms with Gasteiger partial charge in [-0.25, -0.2) is 4.98 Å². The van der Waals surface area contributed by atoms with Gasteiger partial charge in [0.05, 0.1) is 5.56 Å². The molecule has 0 spiro atoms. The molecule has 1 unspecified atom stereocenters. The van der Waals surface area contributed by atoms with Crippen molar-refractivity contribution in [3.05, 3.63) is 59.3 Å². The number of nitrogens with one attached hydrogen (secondary N) is 1. The molecule has 21 heavy (non-hydrogen) atoms. The van der Waals surface area contributed by atoms with Crippen molar-refractivity contribution in [2.75, 3.05) is 5.73 Å². The number of hydrogen-bond donors (Lipinski definition) is 2. The summed E-state index contributed by atoms with van der Waals surface area (Å²) in [5, 5.41) is 3.10. The molecule has 1 aliphatic rings. The Balaban J connectivity index is 1.74. The fourth-order valence-corrected chi connectivity index (χ4v) is 2.90. The molecule has 1 amide bonds. The second-order valence-electron chi connectivity index (χ2n) is 5.47. The van der Waals surface area contributed by atoms with Gasteiger partial charge < -0.3 is 11.1 Å². The highest BCUT2D eigenvalue weighted by Gasteiger charge is 2.19. The maximum Gasteiger partial charge on any atom is 0.255 e. The lowest BCUT2D eigenvalue weighted by Crippen LogP contribution is -2.36. The van der Waals surface area contributed by atoms with Crippen LogP contribution in [-0.2, 0) is 12.8 Å². The molecule has 3 N–H and O–H groups in total. The number of nitrogen functional groups attached to an aromatic ring is 1. The van der Waals surface area contributed by atoms with Crippen LogP contribution in [0.2, 0.25) is 0 Å². The van der Waals surface area contributed by atoms with Gasteiger partial charge in [0.15, 0.2) is 0 Å². The third kappa shape index (κ3) is 3.05. The van der Waals surface area contributed by atoms with Crippen LogP contribution < -0.4 is 11.1 Å². The molecular formula is C17H19N3O. The molecule has 0 saturated carbocycles. The molecule has 4 heteroatoms. The summed E-state index contributed by atoms with van der Waals surface area (Å²) in [6.45, 7) is 0. The lowest BCUT2D eigenvalue weighted by Gasteiger charge is -2.17. The molecule has 1 aromatic heterocycles. The van der Waals surface area contributed by atoms with E-state index in [2.05, 4.69) is 34.6 Å². The summed E-state index contributed by atoms with van der Waals surface area (Å²) in [7, 11) is 0. The summed E-state index contributed by atoms with van der Waals surface area (Å²) >= 11 is 0. The number of anilines is 1. The topological polar surface area (TPSA) is 68.0 Å². The van der Waals surface area contributed by atoms with E-state index < -0.39 is 0 Å². The summed E-state index contributed by atoms with van der Waals surface area (Å²) < 4.78 is 0. The Labute approximate surface area is 124 Å². The van der Waals surface area contributed by atoms with E-state index in [1.807, 2.05) is 0 Å². The van der Waals surface area contributed by atoms with Crippen LogP contribution in [0.5, 0.6) is 0 Å². The molecule has 0 saturated heterocycles. The summed E-state index contributed by atoms with van der Waals surface area (Å²) in [4.78, 5) is 16.3. The van der Waals surface area contributed by atoms with Crippen LogP contribution in [0.3, 0.4) is 0 Å². The normalized spacial score (nSPS) is 17.6. The van der Waals surface area contributed by atoms with Gasteiger partial charge in [-0.3, -0.25) is 4.79 Å². The Morgan fingerprint density at radius 3 is 2.81 bits per heavy atom. The molecule has 0 aliphatic heterocycles. The third-order valence-corrected chi connectivity index (χ3v) is 4.00. The second-order valence-corrected chi connectivity index (χ2v) is 5.47. The van der Waals surface area contributed by atoms with Crippen molar-refractivity contribution in [1.82, 2.24) is 10.3 Å². The fourth-order valence-electron chi connectivity index (χ4n) is 2.90. The van der Waals surface area contributed by atoms with Crippen LogP contribution in [0.25, 0.3) is 0 Å². The smallest absolute Gasteiger partial charge is 0.255 e. The monoisotopic (exact) mass is 281 g/mol. The van der Waals surface area contributed by atoms with Crippen molar-refractivity contribution in [3.8, 4) is 0 Å². The molecular weight excluding hydrogens is 262 g/mol. The number of pyridine rings is 1. The number of aryl methyl sites for hydroxylation is 1. The molecule has 4 nitrogen and oxygen atoms in total. The number of hydrogen-bond acceptors (Lipinski definition) is 3. The first-order valence-electron chi connectivity index (χ1n) is 7.32. The molecule has 0 bridgehead atoms. The number of carbonyl (C=O) groups is 1. The average molecular weight is 281 g/mol. The van der Waals surface area contributed by atoms with Gasteiger partial charge in [-0.1, -0.05) is 24.3 Å². The molecule has 1 aliphatic carbocycles. The first-order valence-corrected chi connectivity index (χ1v) is 7.32. The van der Waals surface area contributed by atoms with E-state index in [0.717, 1.165) is 25.7 Å². The lowest BCUT2D eigenvalue weighted by atomic mass is 10.0. The quantitative estimate of drug-likeness (QED) is 0.830. The number of rotatable bonds is 2. The molecule has 108 valence electrons. The highest BCUT2D eigenvalue weighted by molar-refractivity contribution is 5.98. The van der Waals surface area contributed by atoms with E-state index in [0.29, 0.717) is 5.56 Å². The van der Waals surface area contributed by atoms with E-state index in [9.17, 15) is 4.79 Å². The molecule has 2 aromatic rings. The molecule has 1 atom stereocenters. The summed E-state index contributed by atoms with van der Waals surface area (Å²) in [5.41, 5.74) is 8.95. The zero-order valence-corrected chi connectivity index (χ0v) is 11.9. The lowest BCUT2D eigenvalue weighted by molar-refractivity contribution is 0.0935. The molecule has 0 fully saturated rings. The Bertz CT molecular complexity index is 654. The number of nitrogens with two attached hydrogens (primary N) is 1. The highest BCUT2D eigenvalue weighted by atomic mass is 16.1. The van der Waals surface area contributed by atoms with E-state index in [4.69, 9.17) is 5.73 Å². The predicted octanol–water partition coefficient (Wildman–Crippen LogP) is 2.34. The number of aromatic nitrogens is 1. The van der Waals surface area contributed by atoms with Crippen molar-refractivity contribution in [3.63, 3.8) is 0 Å². The predicted molar refractivity (Wildman–Crippen MR) is 83.0 cm³/mol. The van der Waals surface area contributed by atoms with Gasteiger partial charge in [-0.05, 0) is 48.9 Å². The van der Waals surface area contributed by atoms with Crippen molar-refractivity contribution in [2.24, 2.45) is 0 Å². The molecule has 0 radical (unpaired) electrons. The minimum absolute atomic E-state index is 0.134. The van der Waals surface area contributed by atoms with E-state index in [-0.39, 0.29) is 17.8 Å². The molecule has 3 rings (SSSR count). The van der Waals surface area contributed by atoms with Crippen LogP contribution in [-0.4, -0.2) is 16.9 Å². The van der Waals surface area contributed by atoms with E-state index in [1.165, 1.54) is 11.1 Å². The van der Waals surface area contributed by atoms with Gasteiger partial charge in [0.1, 0.15) is 5.82 Å². The maximum absolute atomic E-state index is 12.3. The SMILES string of the molecule is Nc1ncccc1C(=O)NC1CCCc2ccccc2C1. The zero-order chi connectivity index (χ0) is 14.7. The van der Waals surface area contributed by atoms with Crippen molar-refractivity contribution < 1.29 is 4.79 Å². The summed E-state index contributed by atoms with van der Waals surface area (Å²) in [6, 6.07) is 12.1. The zero-order valence-electron chi connectivity index (χ0n) is 11.9. The van der Waals surface area contributed by atoms with Gasteiger partial charge in [0, 0.05) is 12.2 Å². The standard InChI is InChI=1S/C17H19N3O/c18-16-15(9-4-10-19-16)17(21)20-14-8-3-7-12-5-1-2-6-13(12)11-14/h1-2,4-6,9-10,14H,3,7-8,11H2,(H2,18,19)(H,20,21). The Morgan fingerprint density at radius 1 is 1.19 bits per heavy atom. The van der Waals surface area contributed by atoms with Crippen LogP contribution >= 0.6 is 0 Å². The van der Waals surface area contributed by atoms with Crippen molar-refractivity contribution in [2.45, 2.75) is 31.7 Å². The number of fused-ring (bicyclic) bond motifs is 1. The Kier molecular flexibility index (Phi) is 3.86. The molecule has 1 aromatic carbocycles. The van der Waals surface area contributed by atoms with Gasteiger partial charge in [0.25, 0.3) is 5.91 Å². The van der Waals surface area contributed by atoms with Gasteiger partial charge in [-0.15, -0.1) is 0 Å². The molecule has 1 heterocycles. The minimum atomic E-state index is -0.134.